The number of anilines is 1. The number of benzene rings is 2. The SMILES string of the molecule is O=C(COc1ccccc1Br)Nc1cc(Cl)ccc1F. The smallest absolute Gasteiger partial charge is 0.262 e. The molecule has 0 atom stereocenters. The summed E-state index contributed by atoms with van der Waals surface area (Å²) in [5, 5.41) is 2.74. The molecule has 2 aromatic carbocycles. The lowest BCUT2D eigenvalue weighted by atomic mass is 10.3. The van der Waals surface area contributed by atoms with Gasteiger partial charge in [-0.15, -0.1) is 0 Å². The first kappa shape index (κ1) is 14.8. The fraction of sp³-hybridized carbons (Fsp3) is 0.0714. The molecule has 3 nitrogen and oxygen atoms in total. The van der Waals surface area contributed by atoms with Crippen LogP contribution in [-0.2, 0) is 4.79 Å². The van der Waals surface area contributed by atoms with Gasteiger partial charge in [-0.1, -0.05) is 23.7 Å². The number of carbonyl (C=O) groups is 1. The molecule has 104 valence electrons. The second-order valence-corrected chi connectivity index (χ2v) is 5.18. The summed E-state index contributed by atoms with van der Waals surface area (Å²) in [6, 6.07) is 11.1. The fourth-order valence-corrected chi connectivity index (χ4v) is 2.06. The average molecular weight is 359 g/mol. The van der Waals surface area contributed by atoms with Crippen LogP contribution in [0.25, 0.3) is 0 Å². The Balaban J connectivity index is 1.96. The first-order chi connectivity index (χ1) is 9.56. The number of hydrogen-bond acceptors (Lipinski definition) is 2. The van der Waals surface area contributed by atoms with E-state index in [0.29, 0.717) is 10.8 Å². The Bertz CT molecular complexity index is 636. The number of halogens is 3. The molecular weight excluding hydrogens is 349 g/mol. The predicted octanol–water partition coefficient (Wildman–Crippen LogP) is 4.26. The minimum Gasteiger partial charge on any atom is -0.483 e. The van der Waals surface area contributed by atoms with Gasteiger partial charge in [-0.05, 0) is 46.3 Å². The molecule has 0 heterocycles. The number of nitrogens with one attached hydrogen (secondary N) is 1. The van der Waals surface area contributed by atoms with Crippen LogP contribution in [0.15, 0.2) is 46.9 Å². The highest BCUT2D eigenvalue weighted by Gasteiger charge is 2.09. The van der Waals surface area contributed by atoms with Crippen molar-refractivity contribution in [2.45, 2.75) is 0 Å². The quantitative estimate of drug-likeness (QED) is 0.887. The molecule has 2 aromatic rings. The normalized spacial score (nSPS) is 10.2. The molecule has 6 heteroatoms. The van der Waals surface area contributed by atoms with Gasteiger partial charge >= 0.3 is 0 Å². The van der Waals surface area contributed by atoms with E-state index < -0.39 is 11.7 Å². The Morgan fingerprint density at radius 2 is 2.05 bits per heavy atom. The van der Waals surface area contributed by atoms with Gasteiger partial charge in [0.1, 0.15) is 11.6 Å². The van der Waals surface area contributed by atoms with Gasteiger partial charge in [-0.2, -0.15) is 0 Å². The van der Waals surface area contributed by atoms with E-state index in [-0.39, 0.29) is 12.3 Å². The van der Waals surface area contributed by atoms with E-state index in [2.05, 4.69) is 21.2 Å². The van der Waals surface area contributed by atoms with Crippen LogP contribution in [-0.4, -0.2) is 12.5 Å². The molecule has 0 radical (unpaired) electrons. The molecule has 0 aliphatic carbocycles. The van der Waals surface area contributed by atoms with Gasteiger partial charge in [0.2, 0.25) is 0 Å². The first-order valence-corrected chi connectivity index (χ1v) is 6.85. The van der Waals surface area contributed by atoms with Crippen LogP contribution in [0.4, 0.5) is 10.1 Å². The second kappa shape index (κ2) is 6.72. The molecule has 0 aromatic heterocycles. The number of para-hydroxylation sites is 1. The van der Waals surface area contributed by atoms with Crippen LogP contribution in [0.3, 0.4) is 0 Å². The highest BCUT2D eigenvalue weighted by molar-refractivity contribution is 9.10. The molecule has 2 rings (SSSR count). The van der Waals surface area contributed by atoms with Crippen LogP contribution in [0.2, 0.25) is 5.02 Å². The Labute approximate surface area is 128 Å². The maximum atomic E-state index is 13.4. The fourth-order valence-electron chi connectivity index (χ4n) is 1.48. The minimum absolute atomic E-state index is 0.0261. The van der Waals surface area contributed by atoms with Gasteiger partial charge in [-0.25, -0.2) is 4.39 Å². The number of hydrogen-bond donors (Lipinski definition) is 1. The first-order valence-electron chi connectivity index (χ1n) is 5.68. The van der Waals surface area contributed by atoms with Crippen molar-refractivity contribution in [1.29, 1.82) is 0 Å². The Morgan fingerprint density at radius 1 is 1.30 bits per heavy atom. The molecule has 0 saturated carbocycles. The van der Waals surface area contributed by atoms with Crippen LogP contribution in [0.5, 0.6) is 5.75 Å². The largest absolute Gasteiger partial charge is 0.483 e. The maximum Gasteiger partial charge on any atom is 0.262 e. The van der Waals surface area contributed by atoms with E-state index in [1.54, 1.807) is 18.2 Å². The van der Waals surface area contributed by atoms with Crippen molar-refractivity contribution < 1.29 is 13.9 Å². The monoisotopic (exact) mass is 357 g/mol. The van der Waals surface area contributed by atoms with E-state index in [4.69, 9.17) is 16.3 Å². The average Bonchev–Trinajstić information content (AvgIpc) is 2.42. The van der Waals surface area contributed by atoms with Crippen molar-refractivity contribution in [1.82, 2.24) is 0 Å². The zero-order valence-corrected chi connectivity index (χ0v) is 12.5. The summed E-state index contributed by atoms with van der Waals surface area (Å²) in [6.07, 6.45) is 0. The van der Waals surface area contributed by atoms with Crippen molar-refractivity contribution >= 4 is 39.1 Å². The van der Waals surface area contributed by atoms with Crippen LogP contribution in [0, 0.1) is 5.82 Å². The summed E-state index contributed by atoms with van der Waals surface area (Å²) >= 11 is 9.04. The second-order valence-electron chi connectivity index (χ2n) is 3.89. The molecule has 0 aliphatic heterocycles. The molecule has 20 heavy (non-hydrogen) atoms. The lowest BCUT2D eigenvalue weighted by Gasteiger charge is -2.09. The highest BCUT2D eigenvalue weighted by Crippen LogP contribution is 2.24. The molecule has 0 spiro atoms. The third-order valence-corrected chi connectivity index (χ3v) is 3.29. The zero-order chi connectivity index (χ0) is 14.5. The highest BCUT2D eigenvalue weighted by atomic mass is 79.9. The molecule has 0 unspecified atom stereocenters. The lowest BCUT2D eigenvalue weighted by molar-refractivity contribution is -0.118. The number of amides is 1. The third-order valence-electron chi connectivity index (χ3n) is 2.40. The predicted molar refractivity (Wildman–Crippen MR) is 79.7 cm³/mol. The van der Waals surface area contributed by atoms with Gasteiger partial charge in [0.05, 0.1) is 10.2 Å². The zero-order valence-electron chi connectivity index (χ0n) is 10.2. The van der Waals surface area contributed by atoms with E-state index in [1.807, 2.05) is 6.07 Å². The molecule has 1 N–H and O–H groups in total. The third kappa shape index (κ3) is 3.95. The van der Waals surface area contributed by atoms with Gasteiger partial charge in [0.15, 0.2) is 6.61 Å². The van der Waals surface area contributed by atoms with Crippen molar-refractivity contribution in [3.05, 3.63) is 57.8 Å². The minimum atomic E-state index is -0.552. The Hall–Kier alpha value is -1.59. The standard InChI is InChI=1S/C14H10BrClFNO2/c15-10-3-1-2-4-13(10)20-8-14(19)18-12-7-9(16)5-6-11(12)17/h1-7H,8H2,(H,18,19). The summed E-state index contributed by atoms with van der Waals surface area (Å²) in [4.78, 5) is 11.7. The lowest BCUT2D eigenvalue weighted by Crippen LogP contribution is -2.20. The van der Waals surface area contributed by atoms with Crippen molar-refractivity contribution in [2.24, 2.45) is 0 Å². The summed E-state index contributed by atoms with van der Waals surface area (Å²) in [7, 11) is 0. The molecule has 0 fully saturated rings. The molecule has 0 bridgehead atoms. The van der Waals surface area contributed by atoms with E-state index >= 15 is 0 Å². The van der Waals surface area contributed by atoms with Gasteiger partial charge < -0.3 is 10.1 Å². The molecule has 1 amide bonds. The van der Waals surface area contributed by atoms with E-state index in [9.17, 15) is 9.18 Å². The number of rotatable bonds is 4. The summed E-state index contributed by atoms with van der Waals surface area (Å²) in [5.41, 5.74) is 0.0261. The molecule has 0 aliphatic rings. The van der Waals surface area contributed by atoms with Crippen molar-refractivity contribution in [3.63, 3.8) is 0 Å². The number of ether oxygens (including phenoxy) is 1. The number of carbonyl (C=O) groups excluding carboxylic acids is 1. The Morgan fingerprint density at radius 3 is 2.80 bits per heavy atom. The van der Waals surface area contributed by atoms with Crippen molar-refractivity contribution in [2.75, 3.05) is 11.9 Å². The van der Waals surface area contributed by atoms with E-state index in [1.165, 1.54) is 18.2 Å². The van der Waals surface area contributed by atoms with Gasteiger partial charge in [0.25, 0.3) is 5.91 Å². The van der Waals surface area contributed by atoms with Crippen LogP contribution < -0.4 is 10.1 Å². The van der Waals surface area contributed by atoms with Gasteiger partial charge in [-0.3, -0.25) is 4.79 Å². The molecule has 0 saturated heterocycles. The topological polar surface area (TPSA) is 38.3 Å². The van der Waals surface area contributed by atoms with Gasteiger partial charge in [0, 0.05) is 5.02 Å². The van der Waals surface area contributed by atoms with E-state index in [0.717, 1.165) is 4.47 Å². The van der Waals surface area contributed by atoms with Crippen LogP contribution >= 0.6 is 27.5 Å². The summed E-state index contributed by atoms with van der Waals surface area (Å²) in [5.74, 6) is -0.486. The summed E-state index contributed by atoms with van der Waals surface area (Å²) in [6.45, 7) is -0.228. The maximum absolute atomic E-state index is 13.4. The van der Waals surface area contributed by atoms with Crippen LogP contribution in [0.1, 0.15) is 0 Å². The van der Waals surface area contributed by atoms with Crippen molar-refractivity contribution in [3.8, 4) is 5.75 Å². The Kier molecular flexibility index (Phi) is 4.98. The summed E-state index contributed by atoms with van der Waals surface area (Å²) < 4.78 is 19.5. The molecular formula is C14H10BrClFNO2.